The van der Waals surface area contributed by atoms with Crippen molar-refractivity contribution in [3.8, 4) is 0 Å². The second-order valence-electron chi connectivity index (χ2n) is 5.27. The number of rotatable bonds is 4. The third kappa shape index (κ3) is 3.30. The Kier molecular flexibility index (Phi) is 4.22. The molecule has 1 atom stereocenters. The maximum Gasteiger partial charge on any atom is 0.345 e. The second-order valence-corrected chi connectivity index (χ2v) is 6.90. The summed E-state index contributed by atoms with van der Waals surface area (Å²) in [5.41, 5.74) is 0.0831. The lowest BCUT2D eigenvalue weighted by molar-refractivity contribution is -0.118. The summed E-state index contributed by atoms with van der Waals surface area (Å²) in [4.78, 5) is 12.3. The Morgan fingerprint density at radius 1 is 1.52 bits per heavy atom. The van der Waals surface area contributed by atoms with E-state index in [1.165, 1.54) is 19.4 Å². The molecule has 0 aliphatic carbocycles. The molecular formula is C14H17N3O5S. The summed E-state index contributed by atoms with van der Waals surface area (Å²) in [7, 11) is -2.68. The summed E-state index contributed by atoms with van der Waals surface area (Å²) in [6.07, 6.45) is 4.63. The summed E-state index contributed by atoms with van der Waals surface area (Å²) >= 11 is 0. The lowest BCUT2D eigenvalue weighted by Crippen LogP contribution is -2.40. The molecule has 1 saturated heterocycles. The molecule has 3 rings (SSSR count). The highest BCUT2D eigenvalue weighted by molar-refractivity contribution is 7.88. The van der Waals surface area contributed by atoms with Crippen molar-refractivity contribution in [3.63, 3.8) is 0 Å². The van der Waals surface area contributed by atoms with Crippen LogP contribution in [0.25, 0.3) is 0 Å². The monoisotopic (exact) mass is 339 g/mol. The minimum Gasteiger partial charge on any atom is -0.463 e. The van der Waals surface area contributed by atoms with Crippen molar-refractivity contribution in [1.82, 2.24) is 9.62 Å². The molecule has 2 aliphatic heterocycles. The largest absolute Gasteiger partial charge is 0.463 e. The van der Waals surface area contributed by atoms with Crippen LogP contribution >= 0.6 is 0 Å². The van der Waals surface area contributed by atoms with E-state index in [2.05, 4.69) is 9.71 Å². The van der Waals surface area contributed by atoms with Gasteiger partial charge in [0.15, 0.2) is 5.76 Å². The number of hydrogen-bond donors (Lipinski definition) is 1. The summed E-state index contributed by atoms with van der Waals surface area (Å²) in [5.74, 6) is -0.211. The number of amides is 1. The number of nitrogens with one attached hydrogen (secondary N) is 1. The van der Waals surface area contributed by atoms with Crippen molar-refractivity contribution in [1.29, 1.82) is 0 Å². The Bertz CT molecular complexity index is 745. The number of allylic oxidation sites excluding steroid dienone is 1. The average molecular weight is 339 g/mol. The van der Waals surface area contributed by atoms with E-state index in [1.807, 2.05) is 0 Å². The van der Waals surface area contributed by atoms with E-state index in [9.17, 15) is 13.2 Å². The molecule has 0 bridgehead atoms. The van der Waals surface area contributed by atoms with Crippen LogP contribution in [0, 0.1) is 0 Å². The first-order valence-corrected chi connectivity index (χ1v) is 8.61. The van der Waals surface area contributed by atoms with Crippen LogP contribution < -0.4 is 5.32 Å². The van der Waals surface area contributed by atoms with Crippen LogP contribution in [-0.2, 0) is 19.7 Å². The Morgan fingerprint density at radius 3 is 3.00 bits per heavy atom. The zero-order chi connectivity index (χ0) is 16.4. The van der Waals surface area contributed by atoms with Gasteiger partial charge in [-0.05, 0) is 31.1 Å². The number of nitrogens with zero attached hydrogens (tertiary/aromatic N) is 2. The second kappa shape index (κ2) is 6.17. The molecule has 8 nitrogen and oxygen atoms in total. The van der Waals surface area contributed by atoms with Crippen molar-refractivity contribution >= 4 is 21.8 Å². The van der Waals surface area contributed by atoms with Crippen molar-refractivity contribution in [3.05, 3.63) is 35.9 Å². The van der Waals surface area contributed by atoms with Gasteiger partial charge >= 0.3 is 10.2 Å². The SMILES string of the molecule is CN1C(C(=O)NC[C@@H]2CCCO2)=CC(c2ccco2)=NS1(=O)=O. The smallest absolute Gasteiger partial charge is 0.345 e. The number of likely N-dealkylation sites (N-methyl/N-ethyl adjacent to an activating group) is 1. The molecule has 1 amide bonds. The molecule has 0 spiro atoms. The Balaban J connectivity index is 1.81. The molecule has 2 aliphatic rings. The number of carbonyl (C=O) groups is 1. The quantitative estimate of drug-likeness (QED) is 0.857. The van der Waals surface area contributed by atoms with Gasteiger partial charge in [-0.2, -0.15) is 8.42 Å². The van der Waals surface area contributed by atoms with Gasteiger partial charge in [0, 0.05) is 20.2 Å². The van der Waals surface area contributed by atoms with Crippen LogP contribution in [0.2, 0.25) is 0 Å². The van der Waals surface area contributed by atoms with E-state index < -0.39 is 16.1 Å². The Labute approximate surface area is 134 Å². The molecule has 0 unspecified atom stereocenters. The van der Waals surface area contributed by atoms with E-state index in [4.69, 9.17) is 9.15 Å². The third-order valence-corrected chi connectivity index (χ3v) is 5.01. The molecule has 0 radical (unpaired) electrons. The summed E-state index contributed by atoms with van der Waals surface area (Å²) < 4.78 is 39.3. The maximum atomic E-state index is 12.3. The standard InChI is InChI=1S/C14H17N3O5S/c1-17-12(14(18)15-9-10-4-2-6-21-10)8-11(16-23(17,19)20)13-5-3-7-22-13/h3,5,7-8,10H,2,4,6,9H2,1H3,(H,15,18)/t10-/m0/s1. The zero-order valence-electron chi connectivity index (χ0n) is 12.6. The molecule has 9 heteroatoms. The molecule has 23 heavy (non-hydrogen) atoms. The predicted molar refractivity (Wildman–Crippen MR) is 82.0 cm³/mol. The molecule has 124 valence electrons. The molecular weight excluding hydrogens is 322 g/mol. The topological polar surface area (TPSA) is 101 Å². The van der Waals surface area contributed by atoms with E-state index in [0.29, 0.717) is 13.2 Å². The van der Waals surface area contributed by atoms with E-state index in [1.54, 1.807) is 12.1 Å². The number of ether oxygens (including phenoxy) is 1. The highest BCUT2D eigenvalue weighted by atomic mass is 32.2. The minimum absolute atomic E-state index is 0.00982. The van der Waals surface area contributed by atoms with E-state index in [-0.39, 0.29) is 23.3 Å². The van der Waals surface area contributed by atoms with E-state index >= 15 is 0 Å². The van der Waals surface area contributed by atoms with Crippen molar-refractivity contribution in [2.45, 2.75) is 18.9 Å². The first kappa shape index (κ1) is 15.8. The zero-order valence-corrected chi connectivity index (χ0v) is 13.4. The number of furan rings is 1. The maximum absolute atomic E-state index is 12.3. The Morgan fingerprint density at radius 2 is 2.35 bits per heavy atom. The molecule has 1 aromatic heterocycles. The normalized spacial score (nSPS) is 23.3. The lowest BCUT2D eigenvalue weighted by Gasteiger charge is -2.23. The van der Waals surface area contributed by atoms with Gasteiger partial charge < -0.3 is 14.5 Å². The first-order chi connectivity index (χ1) is 11.0. The summed E-state index contributed by atoms with van der Waals surface area (Å²) in [5, 5.41) is 2.70. The predicted octanol–water partition coefficient (Wildman–Crippen LogP) is 0.438. The lowest BCUT2D eigenvalue weighted by atomic mass is 10.2. The van der Waals surface area contributed by atoms with Crippen molar-refractivity contribution in [2.75, 3.05) is 20.2 Å². The average Bonchev–Trinajstić information content (AvgIpc) is 3.20. The van der Waals surface area contributed by atoms with Crippen molar-refractivity contribution in [2.24, 2.45) is 4.40 Å². The fraction of sp³-hybridized carbons (Fsp3) is 0.429. The first-order valence-electron chi connectivity index (χ1n) is 7.21. The van der Waals surface area contributed by atoms with Crippen molar-refractivity contribution < 1.29 is 22.4 Å². The molecule has 3 heterocycles. The third-order valence-electron chi connectivity index (χ3n) is 3.69. The molecule has 0 aromatic carbocycles. The van der Waals surface area contributed by atoms with Gasteiger partial charge in [0.2, 0.25) is 0 Å². The van der Waals surface area contributed by atoms with Gasteiger partial charge in [-0.3, -0.25) is 4.79 Å². The summed E-state index contributed by atoms with van der Waals surface area (Å²) in [6, 6.07) is 3.20. The van der Waals surface area contributed by atoms with Crippen LogP contribution in [0.4, 0.5) is 0 Å². The van der Waals surface area contributed by atoms with E-state index in [0.717, 1.165) is 17.1 Å². The van der Waals surface area contributed by atoms with Gasteiger partial charge in [0.05, 0.1) is 12.4 Å². The highest BCUT2D eigenvalue weighted by Gasteiger charge is 2.31. The van der Waals surface area contributed by atoms with Crippen LogP contribution in [-0.4, -0.2) is 50.6 Å². The number of hydrogen-bond acceptors (Lipinski definition) is 5. The molecule has 1 aromatic rings. The summed E-state index contributed by atoms with van der Waals surface area (Å²) in [6.45, 7) is 1.03. The van der Waals surface area contributed by atoms with Gasteiger partial charge in [0.25, 0.3) is 5.91 Å². The molecule has 1 fully saturated rings. The van der Waals surface area contributed by atoms with Crippen LogP contribution in [0.15, 0.2) is 39.0 Å². The van der Waals surface area contributed by atoms with Gasteiger partial charge in [-0.25, -0.2) is 4.31 Å². The fourth-order valence-corrected chi connectivity index (χ4v) is 3.31. The van der Waals surface area contributed by atoms with Crippen LogP contribution in [0.1, 0.15) is 18.6 Å². The van der Waals surface area contributed by atoms with Crippen LogP contribution in [0.3, 0.4) is 0 Å². The minimum atomic E-state index is -3.97. The Hall–Kier alpha value is -2.13. The van der Waals surface area contributed by atoms with Gasteiger partial charge in [-0.1, -0.05) is 0 Å². The van der Waals surface area contributed by atoms with Gasteiger partial charge in [-0.15, -0.1) is 4.40 Å². The molecule has 1 N–H and O–H groups in total. The fourth-order valence-electron chi connectivity index (χ4n) is 2.41. The highest BCUT2D eigenvalue weighted by Crippen LogP contribution is 2.20. The molecule has 0 saturated carbocycles. The van der Waals surface area contributed by atoms with Crippen LogP contribution in [0.5, 0.6) is 0 Å². The number of carbonyl (C=O) groups excluding carboxylic acids is 1. The van der Waals surface area contributed by atoms with Gasteiger partial charge in [0.1, 0.15) is 11.4 Å².